The Morgan fingerprint density at radius 3 is 2.45 bits per heavy atom. The van der Waals surface area contributed by atoms with Crippen molar-refractivity contribution in [1.29, 1.82) is 5.26 Å². The number of likely N-dealkylation sites (tertiary alicyclic amines) is 1. The summed E-state index contributed by atoms with van der Waals surface area (Å²) in [5, 5.41) is 15.2. The number of carbonyl (C=O) groups is 2. The molecule has 2 rings (SSSR count). The lowest BCUT2D eigenvalue weighted by Crippen LogP contribution is -2.58. The highest BCUT2D eigenvalue weighted by Gasteiger charge is 2.42. The molecule has 8 heteroatoms. The van der Waals surface area contributed by atoms with Gasteiger partial charge in [-0.3, -0.25) is 4.79 Å². The van der Waals surface area contributed by atoms with E-state index in [1.54, 1.807) is 0 Å². The summed E-state index contributed by atoms with van der Waals surface area (Å²) in [6, 6.07) is 1.64. The number of nitrogens with one attached hydrogen (secondary N) is 2. The smallest absolute Gasteiger partial charge is 0.407 e. The Morgan fingerprint density at radius 1 is 1.21 bits per heavy atom. The van der Waals surface area contributed by atoms with Crippen LogP contribution in [0.3, 0.4) is 0 Å². The van der Waals surface area contributed by atoms with Crippen molar-refractivity contribution >= 4 is 29.2 Å². The van der Waals surface area contributed by atoms with E-state index in [-0.39, 0.29) is 29.2 Å². The van der Waals surface area contributed by atoms with Crippen LogP contribution < -0.4 is 10.6 Å². The maximum atomic E-state index is 13.1. The zero-order chi connectivity index (χ0) is 24.6. The highest BCUT2D eigenvalue weighted by molar-refractivity contribution is 7.80. The van der Waals surface area contributed by atoms with E-state index in [0.717, 1.165) is 44.9 Å². The summed E-state index contributed by atoms with van der Waals surface area (Å²) in [5.74, 6) is 0.859. The van der Waals surface area contributed by atoms with Gasteiger partial charge in [0.05, 0.1) is 18.7 Å². The maximum absolute atomic E-state index is 13.1. The van der Waals surface area contributed by atoms with E-state index in [4.69, 9.17) is 22.2 Å². The van der Waals surface area contributed by atoms with E-state index in [9.17, 15) is 9.59 Å². The predicted molar refractivity (Wildman–Crippen MR) is 134 cm³/mol. The number of thiocarbonyl (C=S) groups is 1. The summed E-state index contributed by atoms with van der Waals surface area (Å²) < 4.78 is 5.28. The first-order chi connectivity index (χ1) is 15.6. The first kappa shape index (κ1) is 27.4. The van der Waals surface area contributed by atoms with Crippen LogP contribution in [-0.4, -0.2) is 53.7 Å². The van der Waals surface area contributed by atoms with Crippen LogP contribution >= 0.6 is 12.2 Å². The molecular weight excluding hydrogens is 436 g/mol. The first-order valence-electron chi connectivity index (χ1n) is 12.5. The molecule has 186 valence electrons. The van der Waals surface area contributed by atoms with Gasteiger partial charge in [-0.05, 0) is 62.2 Å². The Morgan fingerprint density at radius 2 is 1.88 bits per heavy atom. The van der Waals surface area contributed by atoms with Gasteiger partial charge in [0, 0.05) is 19.0 Å². The quantitative estimate of drug-likeness (QED) is 0.477. The molecule has 2 fully saturated rings. The normalized spacial score (nSPS) is 24.2. The molecule has 1 saturated heterocycles. The molecule has 0 spiro atoms. The van der Waals surface area contributed by atoms with Gasteiger partial charge in [-0.25, -0.2) is 4.79 Å². The molecule has 0 unspecified atom stereocenters. The van der Waals surface area contributed by atoms with Crippen LogP contribution in [0.15, 0.2) is 0 Å². The fraction of sp³-hybridized carbons (Fsp3) is 0.840. The van der Waals surface area contributed by atoms with Crippen LogP contribution in [0.1, 0.15) is 79.6 Å². The number of hydrogen-bond acceptors (Lipinski definition) is 5. The van der Waals surface area contributed by atoms with Crippen LogP contribution in [0.4, 0.5) is 4.79 Å². The lowest BCUT2D eigenvalue weighted by molar-refractivity contribution is -0.124. The van der Waals surface area contributed by atoms with Crippen molar-refractivity contribution in [3.05, 3.63) is 0 Å². The van der Waals surface area contributed by atoms with Crippen LogP contribution in [-0.2, 0) is 9.53 Å². The molecule has 2 aliphatic rings. The predicted octanol–water partition coefficient (Wildman–Crippen LogP) is 4.41. The summed E-state index contributed by atoms with van der Waals surface area (Å²) >= 11 is 5.91. The maximum Gasteiger partial charge on any atom is 0.407 e. The number of hydrogen-bond donors (Lipinski definition) is 2. The van der Waals surface area contributed by atoms with E-state index in [1.165, 1.54) is 0 Å². The minimum Gasteiger partial charge on any atom is -0.450 e. The number of ether oxygens (including phenoxy) is 1. The molecule has 0 aromatic rings. The molecule has 2 N–H and O–H groups in total. The number of carbonyl (C=O) groups excluding carboxylic acids is 2. The van der Waals surface area contributed by atoms with Crippen molar-refractivity contribution in [2.45, 2.75) is 91.6 Å². The molecule has 1 aliphatic carbocycles. The van der Waals surface area contributed by atoms with Gasteiger partial charge in [0.25, 0.3) is 0 Å². The second-order valence-corrected chi connectivity index (χ2v) is 10.9. The van der Waals surface area contributed by atoms with Gasteiger partial charge in [0.1, 0.15) is 11.0 Å². The molecule has 1 heterocycles. The van der Waals surface area contributed by atoms with E-state index in [2.05, 4.69) is 44.4 Å². The number of amides is 2. The fourth-order valence-corrected chi connectivity index (χ4v) is 5.16. The topological polar surface area (TPSA) is 94.5 Å². The zero-order valence-corrected chi connectivity index (χ0v) is 21.8. The molecule has 7 nitrogen and oxygen atoms in total. The first-order valence-corrected chi connectivity index (χ1v) is 12.9. The average molecular weight is 479 g/mol. The van der Waals surface area contributed by atoms with Crippen molar-refractivity contribution in [1.82, 2.24) is 15.5 Å². The third-order valence-corrected chi connectivity index (χ3v) is 8.08. The number of nitrogens with zero attached hydrogens (tertiary/aromatic N) is 2. The van der Waals surface area contributed by atoms with E-state index in [1.807, 2.05) is 11.8 Å². The largest absolute Gasteiger partial charge is 0.450 e. The zero-order valence-electron chi connectivity index (χ0n) is 21.0. The van der Waals surface area contributed by atoms with Crippen LogP contribution in [0, 0.1) is 34.5 Å². The summed E-state index contributed by atoms with van der Waals surface area (Å²) in [6.07, 6.45) is 5.74. The van der Waals surface area contributed by atoms with Gasteiger partial charge in [0.2, 0.25) is 5.91 Å². The Balaban J connectivity index is 2.04. The van der Waals surface area contributed by atoms with Gasteiger partial charge in [-0.2, -0.15) is 5.26 Å². The Kier molecular flexibility index (Phi) is 10.4. The van der Waals surface area contributed by atoms with E-state index < -0.39 is 12.1 Å². The van der Waals surface area contributed by atoms with Crippen LogP contribution in [0.25, 0.3) is 0 Å². The number of alkyl carbamates (subject to hydrolysis) is 1. The second-order valence-electron chi connectivity index (χ2n) is 10.5. The molecule has 0 radical (unpaired) electrons. The monoisotopic (exact) mass is 478 g/mol. The molecule has 33 heavy (non-hydrogen) atoms. The minimum atomic E-state index is -0.467. The van der Waals surface area contributed by atoms with Gasteiger partial charge < -0.3 is 20.3 Å². The third-order valence-electron chi connectivity index (χ3n) is 7.61. The number of rotatable bonds is 9. The average Bonchev–Trinajstić information content (AvgIpc) is 3.29. The molecule has 0 bridgehead atoms. The second kappa shape index (κ2) is 12.5. The van der Waals surface area contributed by atoms with E-state index >= 15 is 0 Å². The molecule has 2 atom stereocenters. The molecule has 1 aliphatic heterocycles. The standard InChI is InChI=1S/C25H42N4O3S/c1-6-14-32-24(31)28-21(25(4,5)17(2)3)23(33)29-13-7-8-20(29)22(30)27-16-19-11-9-18(15-26)10-12-19/h17-21H,6-14,16H2,1-5H3,(H,27,30)(H,28,31)/t18?,19?,20-,21+/m0/s1. The van der Waals surface area contributed by atoms with Gasteiger partial charge in [-0.15, -0.1) is 0 Å². The van der Waals surface area contributed by atoms with Crippen LogP contribution in [0.2, 0.25) is 0 Å². The Hall–Kier alpha value is -1.88. The summed E-state index contributed by atoms with van der Waals surface area (Å²) in [6.45, 7) is 12.1. The number of nitriles is 1. The van der Waals surface area contributed by atoms with Crippen molar-refractivity contribution in [3.63, 3.8) is 0 Å². The SMILES string of the molecule is CCCOC(=O)N[C@H](C(=S)N1CCC[C@H]1C(=O)NCC1CCC(C#N)CC1)C(C)(C)C(C)C. The molecular formula is C25H42N4O3S. The van der Waals surface area contributed by atoms with Crippen molar-refractivity contribution in [3.8, 4) is 6.07 Å². The minimum absolute atomic E-state index is 0.00641. The lowest BCUT2D eigenvalue weighted by Gasteiger charge is -2.42. The Bertz CT molecular complexity index is 726. The molecule has 2 amide bonds. The van der Waals surface area contributed by atoms with Crippen molar-refractivity contribution in [2.75, 3.05) is 19.7 Å². The van der Waals surface area contributed by atoms with E-state index in [0.29, 0.717) is 30.6 Å². The van der Waals surface area contributed by atoms with Gasteiger partial charge >= 0.3 is 6.09 Å². The lowest BCUT2D eigenvalue weighted by atomic mass is 9.74. The summed E-state index contributed by atoms with van der Waals surface area (Å²) in [5.41, 5.74) is -0.314. The highest BCUT2D eigenvalue weighted by atomic mass is 32.1. The van der Waals surface area contributed by atoms with Gasteiger partial charge in [0.15, 0.2) is 0 Å². The molecule has 0 aromatic carbocycles. The molecule has 1 saturated carbocycles. The summed E-state index contributed by atoms with van der Waals surface area (Å²) in [7, 11) is 0. The molecule has 0 aromatic heterocycles. The third kappa shape index (κ3) is 7.30. The van der Waals surface area contributed by atoms with Gasteiger partial charge in [-0.1, -0.05) is 46.8 Å². The Labute approximate surface area is 205 Å². The summed E-state index contributed by atoms with van der Waals surface area (Å²) in [4.78, 5) is 28.2. The van der Waals surface area contributed by atoms with Crippen molar-refractivity contribution in [2.24, 2.45) is 23.2 Å². The van der Waals surface area contributed by atoms with Crippen LogP contribution in [0.5, 0.6) is 0 Å². The fourth-order valence-electron chi connectivity index (χ4n) is 4.58. The highest BCUT2D eigenvalue weighted by Crippen LogP contribution is 2.34. The van der Waals surface area contributed by atoms with Crippen molar-refractivity contribution < 1.29 is 14.3 Å².